The van der Waals surface area contributed by atoms with Gasteiger partial charge in [-0.1, -0.05) is 0 Å². The van der Waals surface area contributed by atoms with Gasteiger partial charge in [-0.3, -0.25) is 4.79 Å². The normalized spacial score (nSPS) is 28.3. The van der Waals surface area contributed by atoms with Gasteiger partial charge in [0.05, 0.1) is 19.8 Å². The van der Waals surface area contributed by atoms with Crippen LogP contribution >= 0.6 is 0 Å². The molecule has 2 atom stereocenters. The molecule has 2 rings (SSSR count). The van der Waals surface area contributed by atoms with Gasteiger partial charge in [0.15, 0.2) is 0 Å². The first-order valence-electron chi connectivity index (χ1n) is 6.90. The minimum absolute atomic E-state index is 0.300. The average Bonchev–Trinajstić information content (AvgIpc) is 2.41. The number of fused-ring (bicyclic) bond motifs is 1. The van der Waals surface area contributed by atoms with Gasteiger partial charge in [-0.15, -0.1) is 0 Å². The first-order valence-corrected chi connectivity index (χ1v) is 6.90. The maximum absolute atomic E-state index is 12.0. The molecule has 104 valence electrons. The fourth-order valence-corrected chi connectivity index (χ4v) is 2.95. The highest BCUT2D eigenvalue weighted by atomic mass is 16.5. The van der Waals surface area contributed by atoms with E-state index in [2.05, 4.69) is 5.32 Å². The standard InChI is InChI=1S/C13H24N2O3/c1-17-8-9-18-7-6-15-12-4-5-14-10-11(12)2-3-13(15)16/h11-12,14H,2-10H2,1H3. The van der Waals surface area contributed by atoms with E-state index in [9.17, 15) is 4.79 Å². The number of hydrogen-bond donors (Lipinski definition) is 1. The van der Waals surface area contributed by atoms with Crippen LogP contribution in [-0.2, 0) is 14.3 Å². The lowest BCUT2D eigenvalue weighted by Crippen LogP contribution is -2.55. The quantitative estimate of drug-likeness (QED) is 0.692. The summed E-state index contributed by atoms with van der Waals surface area (Å²) in [5.74, 6) is 0.934. The van der Waals surface area contributed by atoms with Gasteiger partial charge in [0, 0.05) is 26.1 Å². The fourth-order valence-electron chi connectivity index (χ4n) is 2.95. The second-order valence-electron chi connectivity index (χ2n) is 5.05. The molecule has 0 spiro atoms. The molecule has 0 aliphatic carbocycles. The number of carbonyl (C=O) groups is 1. The van der Waals surface area contributed by atoms with Crippen LogP contribution in [0.3, 0.4) is 0 Å². The summed E-state index contributed by atoms with van der Waals surface area (Å²) in [5, 5.41) is 3.42. The molecule has 0 aromatic rings. The van der Waals surface area contributed by atoms with E-state index in [0.717, 1.165) is 32.5 Å². The molecule has 2 aliphatic heterocycles. The molecule has 5 heteroatoms. The number of nitrogens with one attached hydrogen (secondary N) is 1. The summed E-state index contributed by atoms with van der Waals surface area (Å²) in [6.07, 6.45) is 2.81. The molecule has 18 heavy (non-hydrogen) atoms. The minimum atomic E-state index is 0.300. The summed E-state index contributed by atoms with van der Waals surface area (Å²) in [7, 11) is 1.66. The summed E-state index contributed by atoms with van der Waals surface area (Å²) < 4.78 is 10.4. The van der Waals surface area contributed by atoms with Crippen LogP contribution in [-0.4, -0.2) is 63.4 Å². The average molecular weight is 256 g/mol. The highest BCUT2D eigenvalue weighted by Crippen LogP contribution is 2.28. The molecule has 0 radical (unpaired) electrons. The Labute approximate surface area is 109 Å². The maximum atomic E-state index is 12.0. The summed E-state index contributed by atoms with van der Waals surface area (Å²) in [5.41, 5.74) is 0. The Kier molecular flexibility index (Phi) is 5.41. The molecule has 0 aromatic carbocycles. The van der Waals surface area contributed by atoms with Crippen LogP contribution in [0.5, 0.6) is 0 Å². The summed E-state index contributed by atoms with van der Waals surface area (Å²) in [4.78, 5) is 14.0. The second kappa shape index (κ2) is 7.07. The molecule has 2 unspecified atom stereocenters. The number of methoxy groups -OCH3 is 1. The van der Waals surface area contributed by atoms with E-state index in [-0.39, 0.29) is 0 Å². The van der Waals surface area contributed by atoms with Crippen molar-refractivity contribution in [3.8, 4) is 0 Å². The van der Waals surface area contributed by atoms with Crippen molar-refractivity contribution in [3.05, 3.63) is 0 Å². The van der Waals surface area contributed by atoms with Crippen molar-refractivity contribution in [1.82, 2.24) is 10.2 Å². The Morgan fingerprint density at radius 2 is 2.22 bits per heavy atom. The molecule has 2 heterocycles. The molecule has 2 aliphatic rings. The highest BCUT2D eigenvalue weighted by Gasteiger charge is 2.36. The van der Waals surface area contributed by atoms with Crippen molar-refractivity contribution < 1.29 is 14.3 Å². The van der Waals surface area contributed by atoms with Crippen molar-refractivity contribution in [2.45, 2.75) is 25.3 Å². The van der Waals surface area contributed by atoms with Crippen LogP contribution < -0.4 is 5.32 Å². The van der Waals surface area contributed by atoms with Crippen LogP contribution in [0.1, 0.15) is 19.3 Å². The molecule has 0 saturated carbocycles. The first kappa shape index (κ1) is 13.8. The molecule has 2 saturated heterocycles. The van der Waals surface area contributed by atoms with Gasteiger partial charge >= 0.3 is 0 Å². The van der Waals surface area contributed by atoms with Crippen molar-refractivity contribution in [3.63, 3.8) is 0 Å². The lowest BCUT2D eigenvalue weighted by Gasteiger charge is -2.44. The van der Waals surface area contributed by atoms with E-state index in [1.807, 2.05) is 4.90 Å². The first-order chi connectivity index (χ1) is 8.83. The van der Waals surface area contributed by atoms with E-state index in [1.54, 1.807) is 7.11 Å². The third kappa shape index (κ3) is 3.43. The van der Waals surface area contributed by atoms with Crippen LogP contribution in [0.15, 0.2) is 0 Å². The maximum Gasteiger partial charge on any atom is 0.222 e. The molecule has 0 aromatic heterocycles. The number of ether oxygens (including phenoxy) is 2. The Bertz CT molecular complexity index is 273. The molecular weight excluding hydrogens is 232 g/mol. The van der Waals surface area contributed by atoms with Gasteiger partial charge in [0.2, 0.25) is 5.91 Å². The molecule has 5 nitrogen and oxygen atoms in total. The van der Waals surface area contributed by atoms with E-state index in [4.69, 9.17) is 9.47 Å². The summed E-state index contributed by atoms with van der Waals surface area (Å²) >= 11 is 0. The molecular formula is C13H24N2O3. The number of nitrogens with zero attached hydrogens (tertiary/aromatic N) is 1. The van der Waals surface area contributed by atoms with Crippen molar-refractivity contribution in [2.24, 2.45) is 5.92 Å². The monoisotopic (exact) mass is 256 g/mol. The number of likely N-dealkylation sites (tertiary alicyclic amines) is 1. The van der Waals surface area contributed by atoms with Crippen molar-refractivity contribution >= 4 is 5.91 Å². The fraction of sp³-hybridized carbons (Fsp3) is 0.923. The zero-order chi connectivity index (χ0) is 12.8. The number of hydrogen-bond acceptors (Lipinski definition) is 4. The largest absolute Gasteiger partial charge is 0.382 e. The van der Waals surface area contributed by atoms with Crippen LogP contribution in [0.2, 0.25) is 0 Å². The zero-order valence-corrected chi connectivity index (χ0v) is 11.2. The SMILES string of the molecule is COCCOCCN1C(=O)CCC2CNCCC21. The predicted octanol–water partition coefficient (Wildman–Crippen LogP) is 0.250. The molecule has 1 amide bonds. The van der Waals surface area contributed by atoms with E-state index >= 15 is 0 Å². The van der Waals surface area contributed by atoms with E-state index in [1.165, 1.54) is 0 Å². The lowest BCUT2D eigenvalue weighted by atomic mass is 9.84. The summed E-state index contributed by atoms with van der Waals surface area (Å²) in [6, 6.07) is 0.429. The van der Waals surface area contributed by atoms with Crippen LogP contribution in [0.4, 0.5) is 0 Å². The van der Waals surface area contributed by atoms with Crippen LogP contribution in [0, 0.1) is 5.92 Å². The van der Waals surface area contributed by atoms with Gasteiger partial charge in [-0.2, -0.15) is 0 Å². The highest BCUT2D eigenvalue weighted by molar-refractivity contribution is 5.77. The van der Waals surface area contributed by atoms with Crippen molar-refractivity contribution in [1.29, 1.82) is 0 Å². The van der Waals surface area contributed by atoms with Gasteiger partial charge in [-0.05, 0) is 31.8 Å². The lowest BCUT2D eigenvalue weighted by molar-refractivity contribution is -0.140. The third-order valence-corrected chi connectivity index (χ3v) is 3.93. The second-order valence-corrected chi connectivity index (χ2v) is 5.05. The topological polar surface area (TPSA) is 50.8 Å². The third-order valence-electron chi connectivity index (χ3n) is 3.93. The number of piperidine rings is 2. The molecule has 2 fully saturated rings. The summed E-state index contributed by atoms with van der Waals surface area (Å²) in [6.45, 7) is 4.64. The predicted molar refractivity (Wildman–Crippen MR) is 68.4 cm³/mol. The Balaban J connectivity index is 1.78. The van der Waals surface area contributed by atoms with E-state index < -0.39 is 0 Å². The number of amides is 1. The van der Waals surface area contributed by atoms with Gasteiger partial charge < -0.3 is 19.7 Å². The Morgan fingerprint density at radius 1 is 1.33 bits per heavy atom. The van der Waals surface area contributed by atoms with E-state index in [0.29, 0.717) is 44.1 Å². The van der Waals surface area contributed by atoms with Crippen LogP contribution in [0.25, 0.3) is 0 Å². The number of rotatable bonds is 6. The van der Waals surface area contributed by atoms with Gasteiger partial charge in [0.1, 0.15) is 0 Å². The Hall–Kier alpha value is -0.650. The smallest absolute Gasteiger partial charge is 0.222 e. The van der Waals surface area contributed by atoms with Gasteiger partial charge in [-0.25, -0.2) is 0 Å². The zero-order valence-electron chi connectivity index (χ0n) is 11.2. The Morgan fingerprint density at radius 3 is 3.06 bits per heavy atom. The molecule has 0 bridgehead atoms. The molecule has 1 N–H and O–H groups in total. The van der Waals surface area contributed by atoms with Gasteiger partial charge in [0.25, 0.3) is 0 Å². The number of carbonyl (C=O) groups excluding carboxylic acids is 1. The van der Waals surface area contributed by atoms with Crippen molar-refractivity contribution in [2.75, 3.05) is 46.6 Å². The minimum Gasteiger partial charge on any atom is -0.382 e.